The highest BCUT2D eigenvalue weighted by Crippen LogP contribution is 2.34. The zero-order chi connectivity index (χ0) is 27.9. The standard InChI is InChI=1S/C32H20N10/c33-15-9-11-21-23(13-15)31-40-29(21)38-27-19-7-3-1-5-17(19)25(36-27)35-26-18-6-2-4-8-20(18)28(37-26)39-30-22-12-10-16(34)14-24(22)32(41-30)42-31/h1-14,27H,33-34H2,(H,35,36,37,38,39,40,41,42). The maximum atomic E-state index is 6.21. The summed E-state index contributed by atoms with van der Waals surface area (Å²) in [5, 5.41) is 1.67. The van der Waals surface area contributed by atoms with E-state index in [1.54, 1.807) is 0 Å². The van der Waals surface area contributed by atoms with Gasteiger partial charge in [0, 0.05) is 55.5 Å². The monoisotopic (exact) mass is 544 g/mol. The molecule has 4 aromatic carbocycles. The van der Waals surface area contributed by atoms with Crippen LogP contribution in [0.15, 0.2) is 120 Å². The van der Waals surface area contributed by atoms with E-state index >= 15 is 0 Å². The van der Waals surface area contributed by atoms with Crippen molar-refractivity contribution < 1.29 is 0 Å². The largest absolute Gasteiger partial charge is 0.399 e. The lowest BCUT2D eigenvalue weighted by atomic mass is 10.1. The van der Waals surface area contributed by atoms with Crippen molar-refractivity contribution in [3.8, 4) is 0 Å². The number of nitrogens with two attached hydrogens (primary N) is 2. The molecule has 198 valence electrons. The molecular weight excluding hydrogens is 524 g/mol. The summed E-state index contributed by atoms with van der Waals surface area (Å²) in [6.45, 7) is 0. The Morgan fingerprint density at radius 2 is 1.02 bits per heavy atom. The maximum absolute atomic E-state index is 6.21. The number of hydrogen-bond donors (Lipinski definition) is 3. The normalized spacial score (nSPS) is 18.9. The van der Waals surface area contributed by atoms with Gasteiger partial charge in [0.05, 0.1) is 0 Å². The van der Waals surface area contributed by atoms with E-state index in [9.17, 15) is 0 Å². The fourth-order valence-electron chi connectivity index (χ4n) is 5.79. The molecular formula is C32H20N10. The van der Waals surface area contributed by atoms with Gasteiger partial charge in [0.25, 0.3) is 0 Å². The zero-order valence-electron chi connectivity index (χ0n) is 21.9. The molecule has 0 amide bonds. The highest BCUT2D eigenvalue weighted by molar-refractivity contribution is 6.26. The van der Waals surface area contributed by atoms with Gasteiger partial charge in [0.1, 0.15) is 11.0 Å². The molecule has 1 atom stereocenters. The van der Waals surface area contributed by atoms with Gasteiger partial charge in [0.2, 0.25) is 0 Å². The number of H-pyrrole nitrogens is 1. The van der Waals surface area contributed by atoms with Crippen molar-refractivity contribution in [3.63, 3.8) is 0 Å². The minimum Gasteiger partial charge on any atom is -0.399 e. The van der Waals surface area contributed by atoms with Crippen molar-refractivity contribution in [1.82, 2.24) is 4.98 Å². The summed E-state index contributed by atoms with van der Waals surface area (Å²) < 4.78 is 0. The van der Waals surface area contributed by atoms with E-state index in [0.29, 0.717) is 51.5 Å². The number of hydrogen-bond acceptors (Lipinski definition) is 9. The first kappa shape index (κ1) is 22.8. The third-order valence-corrected chi connectivity index (χ3v) is 7.76. The molecule has 42 heavy (non-hydrogen) atoms. The summed E-state index contributed by atoms with van der Waals surface area (Å²) in [6.07, 6.45) is -0.528. The number of benzene rings is 4. The number of nitrogens with zero attached hydrogens (tertiary/aromatic N) is 7. The van der Waals surface area contributed by atoms with Crippen LogP contribution in [0.4, 0.5) is 11.4 Å². The lowest BCUT2D eigenvalue weighted by Crippen LogP contribution is -2.15. The minimum atomic E-state index is -0.528. The molecule has 5 heterocycles. The molecule has 8 bridgehead atoms. The SMILES string of the molecule is Nc1ccc2c(c1)C1=N/C2=N\C2N=C(N=C3N=C(N=c4[nH]c(c5cc(N)ccc45)=N1)c1ccccc13)c1ccccc12. The summed E-state index contributed by atoms with van der Waals surface area (Å²) >= 11 is 0. The van der Waals surface area contributed by atoms with Crippen molar-refractivity contribution in [1.29, 1.82) is 0 Å². The Kier molecular flexibility index (Phi) is 4.47. The summed E-state index contributed by atoms with van der Waals surface area (Å²) in [7, 11) is 0. The lowest BCUT2D eigenvalue weighted by Gasteiger charge is -2.05. The van der Waals surface area contributed by atoms with E-state index in [1.165, 1.54) is 0 Å². The average molecular weight is 545 g/mol. The number of rotatable bonds is 0. The Morgan fingerprint density at radius 3 is 1.81 bits per heavy atom. The van der Waals surface area contributed by atoms with E-state index in [0.717, 1.165) is 44.2 Å². The third-order valence-electron chi connectivity index (χ3n) is 7.76. The first-order valence-electron chi connectivity index (χ1n) is 13.4. The van der Waals surface area contributed by atoms with Crippen LogP contribution in [0.2, 0.25) is 0 Å². The molecule has 4 aliphatic heterocycles. The van der Waals surface area contributed by atoms with Crippen LogP contribution in [0, 0.1) is 0 Å². The second-order valence-corrected chi connectivity index (χ2v) is 10.4. The van der Waals surface area contributed by atoms with Crippen molar-refractivity contribution in [2.24, 2.45) is 34.9 Å². The Bertz CT molecular complexity index is 2330. The molecule has 5 aromatic rings. The van der Waals surface area contributed by atoms with Crippen molar-refractivity contribution in [3.05, 3.63) is 129 Å². The van der Waals surface area contributed by atoms with E-state index in [1.807, 2.05) is 84.9 Å². The Hall–Kier alpha value is -6.03. The van der Waals surface area contributed by atoms with Gasteiger partial charge in [-0.2, -0.15) is 0 Å². The van der Waals surface area contributed by atoms with Crippen LogP contribution in [0.1, 0.15) is 39.5 Å². The maximum Gasteiger partial charge on any atom is 0.170 e. The average Bonchev–Trinajstić information content (AvgIpc) is 3.72. The molecule has 0 saturated heterocycles. The number of fused-ring (bicyclic) bond motifs is 17. The van der Waals surface area contributed by atoms with Gasteiger partial charge in [0.15, 0.2) is 35.3 Å². The highest BCUT2D eigenvalue weighted by atomic mass is 15.2. The number of nitrogen functional groups attached to an aromatic ring is 2. The molecule has 0 saturated carbocycles. The zero-order valence-corrected chi connectivity index (χ0v) is 21.9. The predicted octanol–water partition coefficient (Wildman–Crippen LogP) is 3.46. The van der Waals surface area contributed by atoms with Crippen LogP contribution in [0.25, 0.3) is 10.8 Å². The van der Waals surface area contributed by atoms with E-state index in [4.69, 9.17) is 46.4 Å². The van der Waals surface area contributed by atoms with Crippen LogP contribution in [0.5, 0.6) is 0 Å². The highest BCUT2D eigenvalue weighted by Gasteiger charge is 2.30. The van der Waals surface area contributed by atoms with Crippen LogP contribution < -0.4 is 22.4 Å². The molecule has 1 unspecified atom stereocenters. The van der Waals surface area contributed by atoms with Gasteiger partial charge in [-0.3, -0.25) is 0 Å². The van der Waals surface area contributed by atoms with E-state index in [2.05, 4.69) is 4.98 Å². The number of aromatic amines is 1. The second kappa shape index (κ2) is 8.24. The third kappa shape index (κ3) is 3.29. The van der Waals surface area contributed by atoms with Gasteiger partial charge in [-0.05, 0) is 36.4 Å². The molecule has 0 spiro atoms. The molecule has 0 aliphatic carbocycles. The molecule has 4 aliphatic rings. The number of anilines is 2. The van der Waals surface area contributed by atoms with Crippen LogP contribution in [-0.4, -0.2) is 34.2 Å². The number of amidine groups is 5. The fourth-order valence-corrected chi connectivity index (χ4v) is 5.79. The van der Waals surface area contributed by atoms with E-state index < -0.39 is 6.17 Å². The van der Waals surface area contributed by atoms with Crippen molar-refractivity contribution in [2.75, 3.05) is 11.5 Å². The van der Waals surface area contributed by atoms with Gasteiger partial charge < -0.3 is 16.5 Å². The molecule has 10 heteroatoms. The van der Waals surface area contributed by atoms with Gasteiger partial charge in [-0.1, -0.05) is 48.5 Å². The van der Waals surface area contributed by atoms with Gasteiger partial charge in [-0.25, -0.2) is 34.9 Å². The van der Waals surface area contributed by atoms with E-state index in [-0.39, 0.29) is 0 Å². The van der Waals surface area contributed by atoms with Crippen LogP contribution in [-0.2, 0) is 0 Å². The minimum absolute atomic E-state index is 0.486. The molecule has 0 radical (unpaired) electrons. The van der Waals surface area contributed by atoms with Crippen molar-refractivity contribution in [2.45, 2.75) is 6.17 Å². The summed E-state index contributed by atoms with van der Waals surface area (Å²) in [4.78, 5) is 38.1. The number of nitrogens with one attached hydrogen (secondary N) is 1. The Morgan fingerprint density at radius 1 is 0.476 bits per heavy atom. The smallest absolute Gasteiger partial charge is 0.170 e. The van der Waals surface area contributed by atoms with Crippen molar-refractivity contribution >= 4 is 51.3 Å². The summed E-state index contributed by atoms with van der Waals surface area (Å²) in [5.41, 5.74) is 20.1. The molecule has 1 aromatic heterocycles. The first-order chi connectivity index (χ1) is 20.6. The predicted molar refractivity (Wildman–Crippen MR) is 164 cm³/mol. The Labute approximate surface area is 238 Å². The number of aliphatic imine (C=N–C) groups is 5. The molecule has 0 fully saturated rings. The molecule has 5 N–H and O–H groups in total. The van der Waals surface area contributed by atoms with Gasteiger partial charge >= 0.3 is 0 Å². The van der Waals surface area contributed by atoms with Crippen LogP contribution in [0.3, 0.4) is 0 Å². The quantitative estimate of drug-likeness (QED) is 0.256. The fraction of sp³-hybridized carbons (Fsp3) is 0.0312. The van der Waals surface area contributed by atoms with Crippen LogP contribution >= 0.6 is 0 Å². The Balaban J connectivity index is 1.40. The molecule has 9 rings (SSSR count). The number of aromatic nitrogens is 1. The summed E-state index contributed by atoms with van der Waals surface area (Å²) in [5.74, 6) is 2.67. The summed E-state index contributed by atoms with van der Waals surface area (Å²) in [6, 6.07) is 27.2. The lowest BCUT2D eigenvalue weighted by molar-refractivity contribution is 0.796. The first-order valence-corrected chi connectivity index (χ1v) is 13.4. The topological polar surface area (TPSA) is 154 Å². The second-order valence-electron chi connectivity index (χ2n) is 10.4. The van der Waals surface area contributed by atoms with Gasteiger partial charge in [-0.15, -0.1) is 0 Å². The molecule has 10 nitrogen and oxygen atoms in total.